The normalized spacial score (nSPS) is 16.3. The van der Waals surface area contributed by atoms with Gasteiger partial charge in [0.2, 0.25) is 0 Å². The van der Waals surface area contributed by atoms with Crippen LogP contribution in [-0.2, 0) is 4.79 Å². The Morgan fingerprint density at radius 3 is 2.20 bits per heavy atom. The standard InChI is InChI=1S/C6H12O3S/c1-2-6(3-7,4-10)5(8)9/h7,10H,2-4H2,1H3,(H,8,9). The van der Waals surface area contributed by atoms with Crippen LogP contribution in [0.25, 0.3) is 0 Å². The minimum Gasteiger partial charge on any atom is -0.481 e. The van der Waals surface area contributed by atoms with Gasteiger partial charge in [0.25, 0.3) is 0 Å². The zero-order valence-electron chi connectivity index (χ0n) is 5.87. The van der Waals surface area contributed by atoms with E-state index in [2.05, 4.69) is 12.6 Å². The third kappa shape index (κ3) is 1.64. The molecule has 0 bridgehead atoms. The number of aliphatic hydroxyl groups excluding tert-OH is 1. The van der Waals surface area contributed by atoms with Crippen LogP contribution in [0.5, 0.6) is 0 Å². The Hall–Kier alpha value is -0.220. The summed E-state index contributed by atoms with van der Waals surface area (Å²) in [7, 11) is 0. The first-order valence-electron chi connectivity index (χ1n) is 3.08. The first kappa shape index (κ1) is 9.78. The lowest BCUT2D eigenvalue weighted by atomic mass is 9.89. The second kappa shape index (κ2) is 3.83. The molecule has 1 atom stereocenters. The van der Waals surface area contributed by atoms with Crippen LogP contribution < -0.4 is 0 Å². The van der Waals surface area contributed by atoms with Crippen molar-refractivity contribution in [2.75, 3.05) is 12.4 Å². The van der Waals surface area contributed by atoms with Crippen molar-refractivity contribution in [3.8, 4) is 0 Å². The number of thiol groups is 1. The van der Waals surface area contributed by atoms with E-state index in [9.17, 15) is 4.79 Å². The maximum Gasteiger partial charge on any atom is 0.312 e. The third-order valence-corrected chi connectivity index (χ3v) is 2.34. The molecule has 1 unspecified atom stereocenters. The number of rotatable bonds is 4. The van der Waals surface area contributed by atoms with Crippen molar-refractivity contribution < 1.29 is 15.0 Å². The van der Waals surface area contributed by atoms with E-state index in [1.807, 2.05) is 0 Å². The van der Waals surface area contributed by atoms with Gasteiger partial charge in [-0.2, -0.15) is 12.6 Å². The van der Waals surface area contributed by atoms with Crippen LogP contribution in [0.4, 0.5) is 0 Å². The largest absolute Gasteiger partial charge is 0.481 e. The van der Waals surface area contributed by atoms with Crippen molar-refractivity contribution in [1.82, 2.24) is 0 Å². The van der Waals surface area contributed by atoms with E-state index < -0.39 is 11.4 Å². The van der Waals surface area contributed by atoms with Crippen molar-refractivity contribution in [2.45, 2.75) is 13.3 Å². The van der Waals surface area contributed by atoms with Gasteiger partial charge in [0.05, 0.1) is 12.0 Å². The molecule has 4 heteroatoms. The molecule has 10 heavy (non-hydrogen) atoms. The Labute approximate surface area is 65.5 Å². The fourth-order valence-corrected chi connectivity index (χ4v) is 1.02. The molecule has 0 aliphatic rings. The van der Waals surface area contributed by atoms with Gasteiger partial charge in [-0.15, -0.1) is 0 Å². The minimum absolute atomic E-state index is 0.176. The number of hydrogen-bond acceptors (Lipinski definition) is 3. The predicted molar refractivity (Wildman–Crippen MR) is 41.3 cm³/mol. The predicted octanol–water partition coefficient (Wildman–Crippen LogP) is 0.390. The van der Waals surface area contributed by atoms with Crippen LogP contribution in [0.15, 0.2) is 0 Å². The van der Waals surface area contributed by atoms with Gasteiger partial charge in [0.1, 0.15) is 0 Å². The van der Waals surface area contributed by atoms with Crippen LogP contribution in [0.1, 0.15) is 13.3 Å². The Morgan fingerprint density at radius 2 is 2.20 bits per heavy atom. The molecule has 0 rings (SSSR count). The molecule has 0 aliphatic carbocycles. The van der Waals surface area contributed by atoms with Gasteiger partial charge in [0, 0.05) is 5.75 Å². The average Bonchev–Trinajstić information content (AvgIpc) is 1.92. The zero-order chi connectivity index (χ0) is 8.20. The molecule has 0 spiro atoms. The summed E-state index contributed by atoms with van der Waals surface area (Å²) < 4.78 is 0. The number of aliphatic hydroxyl groups is 1. The van der Waals surface area contributed by atoms with Crippen LogP contribution >= 0.6 is 12.6 Å². The summed E-state index contributed by atoms with van der Waals surface area (Å²) in [6.45, 7) is 1.38. The van der Waals surface area contributed by atoms with E-state index in [1.165, 1.54) is 0 Å². The molecule has 0 fully saturated rings. The monoisotopic (exact) mass is 164 g/mol. The molecule has 60 valence electrons. The lowest BCUT2D eigenvalue weighted by molar-refractivity contribution is -0.150. The van der Waals surface area contributed by atoms with Crippen molar-refractivity contribution in [2.24, 2.45) is 5.41 Å². The SMILES string of the molecule is CCC(CO)(CS)C(=O)O. The molecule has 2 N–H and O–H groups in total. The maximum absolute atomic E-state index is 10.5. The van der Waals surface area contributed by atoms with Gasteiger partial charge < -0.3 is 10.2 Å². The van der Waals surface area contributed by atoms with Gasteiger partial charge in [-0.3, -0.25) is 4.79 Å². The second-order valence-corrected chi connectivity index (χ2v) is 2.57. The first-order valence-corrected chi connectivity index (χ1v) is 3.71. The quantitative estimate of drug-likeness (QED) is 0.527. The highest BCUT2D eigenvalue weighted by atomic mass is 32.1. The summed E-state index contributed by atoms with van der Waals surface area (Å²) in [5, 5.41) is 17.3. The summed E-state index contributed by atoms with van der Waals surface area (Å²) >= 11 is 3.86. The molecular formula is C6H12O3S. The lowest BCUT2D eigenvalue weighted by Crippen LogP contribution is -2.35. The fourth-order valence-electron chi connectivity index (χ4n) is 0.560. The Kier molecular flexibility index (Phi) is 3.75. The van der Waals surface area contributed by atoms with E-state index in [0.717, 1.165) is 0 Å². The van der Waals surface area contributed by atoms with Crippen LogP contribution in [-0.4, -0.2) is 28.5 Å². The first-order chi connectivity index (χ1) is 4.63. The highest BCUT2D eigenvalue weighted by molar-refractivity contribution is 7.80. The van der Waals surface area contributed by atoms with E-state index in [1.54, 1.807) is 6.92 Å². The molecule has 0 saturated carbocycles. The van der Waals surface area contributed by atoms with Crippen LogP contribution in [0, 0.1) is 5.41 Å². The van der Waals surface area contributed by atoms with Crippen molar-refractivity contribution in [3.05, 3.63) is 0 Å². The molecule has 0 heterocycles. The van der Waals surface area contributed by atoms with Gasteiger partial charge >= 0.3 is 5.97 Å². The summed E-state index contributed by atoms with van der Waals surface area (Å²) in [4.78, 5) is 10.5. The molecule has 0 radical (unpaired) electrons. The highest BCUT2D eigenvalue weighted by Gasteiger charge is 2.34. The van der Waals surface area contributed by atoms with Crippen molar-refractivity contribution >= 4 is 18.6 Å². The summed E-state index contributed by atoms with van der Waals surface area (Å²) in [6, 6.07) is 0. The Morgan fingerprint density at radius 1 is 1.70 bits per heavy atom. The number of aliphatic carboxylic acids is 1. The number of carboxylic acids is 1. The molecule has 0 aromatic rings. The van der Waals surface area contributed by atoms with Gasteiger partial charge in [0.15, 0.2) is 0 Å². The molecule has 3 nitrogen and oxygen atoms in total. The van der Waals surface area contributed by atoms with Crippen LogP contribution in [0.3, 0.4) is 0 Å². The van der Waals surface area contributed by atoms with E-state index in [0.29, 0.717) is 6.42 Å². The second-order valence-electron chi connectivity index (χ2n) is 2.26. The Balaban J connectivity index is 4.31. The van der Waals surface area contributed by atoms with E-state index >= 15 is 0 Å². The highest BCUT2D eigenvalue weighted by Crippen LogP contribution is 2.22. The summed E-state index contributed by atoms with van der Waals surface area (Å²) in [5.74, 6) is -0.803. The third-order valence-electron chi connectivity index (χ3n) is 1.74. The van der Waals surface area contributed by atoms with E-state index in [-0.39, 0.29) is 12.4 Å². The molecule has 0 aliphatic heterocycles. The number of carbonyl (C=O) groups is 1. The van der Waals surface area contributed by atoms with E-state index in [4.69, 9.17) is 10.2 Å². The van der Waals surface area contributed by atoms with Gasteiger partial charge in [-0.25, -0.2) is 0 Å². The van der Waals surface area contributed by atoms with Crippen molar-refractivity contribution in [3.63, 3.8) is 0 Å². The Bertz CT molecular complexity index is 112. The zero-order valence-corrected chi connectivity index (χ0v) is 6.77. The molecule has 0 aromatic heterocycles. The number of carboxylic acid groups (broad SMARTS) is 1. The molecule has 0 amide bonds. The van der Waals surface area contributed by atoms with Crippen LogP contribution in [0.2, 0.25) is 0 Å². The minimum atomic E-state index is -1.04. The average molecular weight is 164 g/mol. The topological polar surface area (TPSA) is 57.5 Å². The van der Waals surface area contributed by atoms with Crippen molar-refractivity contribution in [1.29, 1.82) is 0 Å². The smallest absolute Gasteiger partial charge is 0.312 e. The summed E-state index contributed by atoms with van der Waals surface area (Å²) in [6.07, 6.45) is 0.405. The molecule has 0 saturated heterocycles. The molecule has 0 aromatic carbocycles. The molecular weight excluding hydrogens is 152 g/mol. The fraction of sp³-hybridized carbons (Fsp3) is 0.833. The van der Waals surface area contributed by atoms with Gasteiger partial charge in [-0.1, -0.05) is 6.92 Å². The number of hydrogen-bond donors (Lipinski definition) is 3. The summed E-state index contributed by atoms with van der Waals surface area (Å²) in [5.41, 5.74) is -1.04. The van der Waals surface area contributed by atoms with Gasteiger partial charge in [-0.05, 0) is 6.42 Å². The lowest BCUT2D eigenvalue weighted by Gasteiger charge is -2.22. The maximum atomic E-state index is 10.5.